The lowest BCUT2D eigenvalue weighted by atomic mass is 9.70. The molecule has 1 aliphatic carbocycles. The molecule has 1 fully saturated rings. The van der Waals surface area contributed by atoms with Crippen molar-refractivity contribution in [2.75, 3.05) is 13.6 Å². The summed E-state index contributed by atoms with van der Waals surface area (Å²) >= 11 is 7.01. The van der Waals surface area contributed by atoms with Gasteiger partial charge in [0.15, 0.2) is 0 Å². The number of halogens is 1. The number of likely N-dealkylation sites (N-methyl/N-ethyl adjacent to an activating group) is 1. The van der Waals surface area contributed by atoms with Gasteiger partial charge in [0.25, 0.3) is 0 Å². The van der Waals surface area contributed by atoms with Crippen molar-refractivity contribution >= 4 is 22.5 Å². The molecule has 0 radical (unpaired) electrons. The van der Waals surface area contributed by atoms with Crippen LogP contribution in [-0.2, 0) is 6.42 Å². The zero-order valence-corrected chi connectivity index (χ0v) is 13.7. The van der Waals surface area contributed by atoms with Crippen molar-refractivity contribution in [2.24, 2.45) is 5.92 Å². The van der Waals surface area contributed by atoms with Crippen LogP contribution in [0.5, 0.6) is 0 Å². The van der Waals surface area contributed by atoms with E-state index in [-0.39, 0.29) is 4.87 Å². The van der Waals surface area contributed by atoms with Gasteiger partial charge in [-0.25, -0.2) is 0 Å². The Morgan fingerprint density at radius 1 is 1.38 bits per heavy atom. The second-order valence-corrected chi connectivity index (χ2v) is 8.02. The van der Waals surface area contributed by atoms with Crippen LogP contribution in [-0.4, -0.2) is 34.4 Å². The lowest BCUT2D eigenvalue weighted by Gasteiger charge is -2.50. The average molecular weight is 303 g/mol. The predicted octanol–water partition coefficient (Wildman–Crippen LogP) is 4.15. The van der Waals surface area contributed by atoms with Gasteiger partial charge in [-0.1, -0.05) is 26.0 Å². The van der Waals surface area contributed by atoms with Gasteiger partial charge in [0, 0.05) is 35.6 Å². The number of H-pyrrole nitrogens is 1. The number of fused-ring (bicyclic) bond motifs is 2. The van der Waals surface area contributed by atoms with Gasteiger partial charge in [0.2, 0.25) is 0 Å². The highest BCUT2D eigenvalue weighted by Gasteiger charge is 2.46. The maximum Gasteiger partial charge on any atom is 0.0602 e. The quantitative estimate of drug-likeness (QED) is 0.784. The van der Waals surface area contributed by atoms with Crippen molar-refractivity contribution in [1.82, 2.24) is 9.88 Å². The summed E-state index contributed by atoms with van der Waals surface area (Å²) in [5.41, 5.74) is 4.25. The molecule has 0 amide bonds. The van der Waals surface area contributed by atoms with E-state index in [0.29, 0.717) is 17.9 Å². The summed E-state index contributed by atoms with van der Waals surface area (Å²) in [5, 5.41) is 1.46. The van der Waals surface area contributed by atoms with Crippen LogP contribution in [0.25, 0.3) is 10.9 Å². The van der Waals surface area contributed by atoms with E-state index >= 15 is 0 Å². The number of hydrogen-bond acceptors (Lipinski definition) is 1. The minimum absolute atomic E-state index is 0.105. The van der Waals surface area contributed by atoms with Crippen molar-refractivity contribution in [3.63, 3.8) is 0 Å². The first-order valence-electron chi connectivity index (χ1n) is 7.97. The van der Waals surface area contributed by atoms with Gasteiger partial charge in [-0.15, -0.1) is 11.6 Å². The van der Waals surface area contributed by atoms with Crippen molar-refractivity contribution in [3.8, 4) is 0 Å². The van der Waals surface area contributed by atoms with Crippen molar-refractivity contribution in [1.29, 1.82) is 0 Å². The molecule has 2 nitrogen and oxygen atoms in total. The Kier molecular flexibility index (Phi) is 2.93. The summed E-state index contributed by atoms with van der Waals surface area (Å²) in [4.78, 5) is 5.83. The molecular weight excluding hydrogens is 280 g/mol. The number of likely N-dealkylation sites (tertiary alicyclic amines) is 1. The van der Waals surface area contributed by atoms with Gasteiger partial charge >= 0.3 is 0 Å². The third kappa shape index (κ3) is 1.89. The molecule has 3 heteroatoms. The van der Waals surface area contributed by atoms with Gasteiger partial charge in [-0.3, -0.25) is 0 Å². The number of aromatic nitrogens is 1. The molecule has 21 heavy (non-hydrogen) atoms. The first-order valence-corrected chi connectivity index (χ1v) is 8.35. The topological polar surface area (TPSA) is 19.0 Å². The molecule has 112 valence electrons. The van der Waals surface area contributed by atoms with Crippen LogP contribution in [0.3, 0.4) is 0 Å². The monoisotopic (exact) mass is 302 g/mol. The predicted molar refractivity (Wildman–Crippen MR) is 89.2 cm³/mol. The number of nitrogens with one attached hydrogen (secondary N) is 1. The van der Waals surface area contributed by atoms with Gasteiger partial charge < -0.3 is 9.88 Å². The smallest absolute Gasteiger partial charge is 0.0602 e. The molecule has 3 atom stereocenters. The lowest BCUT2D eigenvalue weighted by Crippen LogP contribution is -2.55. The third-order valence-corrected chi connectivity index (χ3v) is 6.50. The summed E-state index contributed by atoms with van der Waals surface area (Å²) < 4.78 is 0. The highest BCUT2D eigenvalue weighted by Crippen LogP contribution is 2.49. The zero-order valence-electron chi connectivity index (χ0n) is 13.0. The average Bonchev–Trinajstić information content (AvgIpc) is 2.85. The molecule has 0 saturated carbocycles. The molecule has 1 aliphatic heterocycles. The summed E-state index contributed by atoms with van der Waals surface area (Å²) in [6.45, 7) is 5.50. The Labute approximate surface area is 131 Å². The van der Waals surface area contributed by atoms with Crippen molar-refractivity contribution in [2.45, 2.75) is 43.5 Å². The number of piperidine rings is 1. The van der Waals surface area contributed by atoms with Crippen LogP contribution in [0.2, 0.25) is 0 Å². The number of aromatic amines is 1. The molecule has 1 N–H and O–H groups in total. The van der Waals surface area contributed by atoms with E-state index in [1.807, 2.05) is 0 Å². The number of benzene rings is 1. The third-order valence-electron chi connectivity index (χ3n) is 5.79. The fourth-order valence-electron chi connectivity index (χ4n) is 4.42. The molecule has 0 unspecified atom stereocenters. The normalized spacial score (nSPS) is 32.6. The van der Waals surface area contributed by atoms with E-state index in [4.69, 9.17) is 11.6 Å². The van der Waals surface area contributed by atoms with Gasteiger partial charge in [0.1, 0.15) is 0 Å². The standard InChI is InChI=1S/C18H23ClN2/c1-11(2)18(19)8-14-13-5-4-6-15-17(13)12(9-20-15)7-16(14)21(3)10-18/h4-6,9,11,14,16,20H,7-8,10H2,1-3H3/t14-,16-,18-/m1/s1. The molecule has 1 aromatic heterocycles. The Bertz CT molecular complexity index is 690. The second kappa shape index (κ2) is 4.50. The fourth-order valence-corrected chi connectivity index (χ4v) is 4.77. The van der Waals surface area contributed by atoms with Crippen LogP contribution in [0.4, 0.5) is 0 Å². The Balaban J connectivity index is 1.85. The molecule has 2 aromatic rings. The maximum absolute atomic E-state index is 7.01. The van der Waals surface area contributed by atoms with Crippen LogP contribution in [0, 0.1) is 5.92 Å². The Morgan fingerprint density at radius 3 is 2.95 bits per heavy atom. The number of rotatable bonds is 1. The van der Waals surface area contributed by atoms with Gasteiger partial charge in [-0.05, 0) is 43.0 Å². The lowest BCUT2D eigenvalue weighted by molar-refractivity contribution is 0.105. The second-order valence-electron chi connectivity index (χ2n) is 7.27. The first kappa shape index (κ1) is 13.7. The van der Waals surface area contributed by atoms with E-state index in [0.717, 1.165) is 19.4 Å². The van der Waals surface area contributed by atoms with Crippen LogP contribution < -0.4 is 0 Å². The van der Waals surface area contributed by atoms with E-state index in [1.165, 1.54) is 22.0 Å². The fraction of sp³-hybridized carbons (Fsp3) is 0.556. The molecule has 0 bridgehead atoms. The molecular formula is C18H23ClN2. The minimum atomic E-state index is -0.105. The highest BCUT2D eigenvalue weighted by molar-refractivity contribution is 6.24. The minimum Gasteiger partial charge on any atom is -0.361 e. The maximum atomic E-state index is 7.01. The largest absolute Gasteiger partial charge is 0.361 e. The number of hydrogen-bond donors (Lipinski definition) is 1. The summed E-state index contributed by atoms with van der Waals surface area (Å²) in [5.74, 6) is 1.05. The molecule has 1 saturated heterocycles. The number of alkyl halides is 1. The van der Waals surface area contributed by atoms with Crippen LogP contribution in [0.15, 0.2) is 24.4 Å². The van der Waals surface area contributed by atoms with E-state index in [1.54, 1.807) is 0 Å². The molecule has 1 aromatic carbocycles. The Morgan fingerprint density at radius 2 is 2.19 bits per heavy atom. The summed E-state index contributed by atoms with van der Waals surface area (Å²) in [7, 11) is 2.24. The SMILES string of the molecule is CC(C)[C@@]1(Cl)C[C@@H]2c3cccc4[nH]cc(c34)C[C@H]2N(C)C1. The Hall–Kier alpha value is -0.990. The van der Waals surface area contributed by atoms with E-state index in [2.05, 4.69) is 55.2 Å². The molecule has 0 spiro atoms. The van der Waals surface area contributed by atoms with Crippen molar-refractivity contribution in [3.05, 3.63) is 35.5 Å². The summed E-state index contributed by atoms with van der Waals surface area (Å²) in [6, 6.07) is 7.27. The van der Waals surface area contributed by atoms with Gasteiger partial charge in [0.05, 0.1) is 4.87 Å². The van der Waals surface area contributed by atoms with Crippen LogP contribution in [0.1, 0.15) is 37.3 Å². The molecule has 4 rings (SSSR count). The van der Waals surface area contributed by atoms with Crippen LogP contribution >= 0.6 is 11.6 Å². The first-order chi connectivity index (χ1) is 9.99. The van der Waals surface area contributed by atoms with E-state index in [9.17, 15) is 0 Å². The zero-order chi connectivity index (χ0) is 14.8. The van der Waals surface area contributed by atoms with Gasteiger partial charge in [-0.2, -0.15) is 0 Å². The number of nitrogens with zero attached hydrogens (tertiary/aromatic N) is 1. The molecule has 2 heterocycles. The highest BCUT2D eigenvalue weighted by atomic mass is 35.5. The van der Waals surface area contributed by atoms with Crippen molar-refractivity contribution < 1.29 is 0 Å². The molecule has 2 aliphatic rings. The van der Waals surface area contributed by atoms with E-state index < -0.39 is 0 Å². The summed E-state index contributed by atoms with van der Waals surface area (Å²) in [6.07, 6.45) is 4.43.